The van der Waals surface area contributed by atoms with Crippen LogP contribution in [0.15, 0.2) is 0 Å². The first kappa shape index (κ1) is 10.2. The first-order valence-corrected chi connectivity index (χ1v) is 3.28. The zero-order chi connectivity index (χ0) is 8.36. The van der Waals surface area contributed by atoms with E-state index in [2.05, 4.69) is 0 Å². The van der Waals surface area contributed by atoms with E-state index < -0.39 is 22.0 Å². The molecule has 0 aliphatic rings. The highest BCUT2D eigenvalue weighted by Crippen LogP contribution is 2.26. The van der Waals surface area contributed by atoms with Gasteiger partial charge in [-0.2, -0.15) is 0 Å². The van der Waals surface area contributed by atoms with Crippen LogP contribution in [0.2, 0.25) is 0 Å². The Labute approximate surface area is 71.9 Å². The number of halogens is 3. The monoisotopic (exact) mass is 204 g/mol. The zero-order valence-electron chi connectivity index (χ0n) is 4.60. The molecule has 0 heterocycles. The topological polar surface area (TPSA) is 54.4 Å². The molecule has 0 atom stereocenters. The Hall–Kier alpha value is 0.170. The van der Waals surface area contributed by atoms with Gasteiger partial charge in [-0.15, -0.1) is 0 Å². The first-order chi connectivity index (χ1) is 4.39. The summed E-state index contributed by atoms with van der Waals surface area (Å²) in [6, 6.07) is 0. The van der Waals surface area contributed by atoms with Gasteiger partial charge < -0.3 is 5.11 Å². The van der Waals surface area contributed by atoms with E-state index in [1.54, 1.807) is 0 Å². The quantitative estimate of drug-likeness (QED) is 0.527. The fraction of sp³-hybridized carbons (Fsp3) is 0.500. The summed E-state index contributed by atoms with van der Waals surface area (Å²) in [6.07, 6.45) is 0. The van der Waals surface area contributed by atoms with Crippen molar-refractivity contribution >= 4 is 46.4 Å². The van der Waals surface area contributed by atoms with Crippen LogP contribution in [0.4, 0.5) is 0 Å². The standard InChI is InChI=1S/C4H3Cl3O3/c5-4(6,7)3(10)2(9)1-8/h8H,1H2. The minimum atomic E-state index is -2.25. The number of alkyl halides is 3. The summed E-state index contributed by atoms with van der Waals surface area (Å²) in [5.74, 6) is -2.33. The Kier molecular flexibility index (Phi) is 3.59. The Morgan fingerprint density at radius 2 is 1.70 bits per heavy atom. The number of carbonyl (C=O) groups is 2. The molecule has 0 unspecified atom stereocenters. The molecular weight excluding hydrogens is 202 g/mol. The highest BCUT2D eigenvalue weighted by molar-refractivity contribution is 6.82. The average Bonchev–Trinajstić information content (AvgIpc) is 1.83. The molecule has 0 saturated heterocycles. The molecule has 0 aromatic heterocycles. The molecule has 6 heteroatoms. The van der Waals surface area contributed by atoms with Crippen molar-refractivity contribution in [2.75, 3.05) is 6.61 Å². The molecule has 10 heavy (non-hydrogen) atoms. The number of Topliss-reactive ketones (excluding diaryl/α,β-unsaturated/α-hetero) is 2. The SMILES string of the molecule is O=C(CO)C(=O)C(Cl)(Cl)Cl. The van der Waals surface area contributed by atoms with Gasteiger partial charge in [0.1, 0.15) is 6.61 Å². The lowest BCUT2D eigenvalue weighted by molar-refractivity contribution is -0.137. The van der Waals surface area contributed by atoms with Crippen molar-refractivity contribution in [3.05, 3.63) is 0 Å². The van der Waals surface area contributed by atoms with Crippen LogP contribution in [0.3, 0.4) is 0 Å². The summed E-state index contributed by atoms with van der Waals surface area (Å²) in [5.41, 5.74) is 0. The van der Waals surface area contributed by atoms with Crippen molar-refractivity contribution in [1.29, 1.82) is 0 Å². The van der Waals surface area contributed by atoms with Crippen molar-refractivity contribution in [1.82, 2.24) is 0 Å². The normalized spacial score (nSPS) is 11.2. The van der Waals surface area contributed by atoms with Gasteiger partial charge in [0, 0.05) is 0 Å². The van der Waals surface area contributed by atoms with Gasteiger partial charge in [-0.3, -0.25) is 9.59 Å². The van der Waals surface area contributed by atoms with Crippen LogP contribution in [-0.4, -0.2) is 27.1 Å². The molecule has 0 rings (SSSR count). The first-order valence-electron chi connectivity index (χ1n) is 2.14. The van der Waals surface area contributed by atoms with Crippen molar-refractivity contribution < 1.29 is 14.7 Å². The number of carbonyl (C=O) groups excluding carboxylic acids is 2. The van der Waals surface area contributed by atoms with Gasteiger partial charge in [-0.25, -0.2) is 0 Å². The lowest BCUT2D eigenvalue weighted by atomic mass is 10.3. The zero-order valence-corrected chi connectivity index (χ0v) is 6.87. The van der Waals surface area contributed by atoms with E-state index in [1.165, 1.54) is 0 Å². The second-order valence-corrected chi connectivity index (χ2v) is 3.69. The number of rotatable bonds is 2. The summed E-state index contributed by atoms with van der Waals surface area (Å²) in [5, 5.41) is 8.12. The van der Waals surface area contributed by atoms with E-state index >= 15 is 0 Å². The molecular formula is C4H3Cl3O3. The van der Waals surface area contributed by atoms with Crippen LogP contribution in [-0.2, 0) is 9.59 Å². The molecule has 0 aliphatic heterocycles. The molecule has 1 N–H and O–H groups in total. The van der Waals surface area contributed by atoms with Gasteiger partial charge in [0.2, 0.25) is 5.78 Å². The number of aliphatic hydroxyl groups is 1. The molecule has 0 aromatic carbocycles. The molecule has 3 nitrogen and oxygen atoms in total. The van der Waals surface area contributed by atoms with Gasteiger partial charge >= 0.3 is 0 Å². The summed E-state index contributed by atoms with van der Waals surface area (Å²) >= 11 is 15.0. The summed E-state index contributed by atoms with van der Waals surface area (Å²) in [6.45, 7) is -0.938. The van der Waals surface area contributed by atoms with Crippen LogP contribution in [0.5, 0.6) is 0 Å². The fourth-order valence-electron chi connectivity index (χ4n) is 0.230. The van der Waals surface area contributed by atoms with Gasteiger partial charge in [-0.05, 0) is 0 Å². The van der Waals surface area contributed by atoms with Crippen LogP contribution in [0.25, 0.3) is 0 Å². The van der Waals surface area contributed by atoms with Crippen molar-refractivity contribution in [3.63, 3.8) is 0 Å². The molecule has 0 saturated carbocycles. The van der Waals surface area contributed by atoms with Crippen LogP contribution in [0, 0.1) is 0 Å². The lowest BCUT2D eigenvalue weighted by Gasteiger charge is -2.05. The summed E-state index contributed by atoms with van der Waals surface area (Å²) < 4.78 is -2.25. The van der Waals surface area contributed by atoms with Crippen LogP contribution < -0.4 is 0 Å². The van der Waals surface area contributed by atoms with E-state index in [9.17, 15) is 9.59 Å². The van der Waals surface area contributed by atoms with E-state index in [1.807, 2.05) is 0 Å². The highest BCUT2D eigenvalue weighted by atomic mass is 35.6. The maximum Gasteiger partial charge on any atom is 0.256 e. The highest BCUT2D eigenvalue weighted by Gasteiger charge is 2.35. The Balaban J connectivity index is 4.24. The molecule has 0 fully saturated rings. The predicted molar refractivity (Wildman–Crippen MR) is 37.4 cm³/mol. The Morgan fingerprint density at radius 3 is 1.80 bits per heavy atom. The van der Waals surface area contributed by atoms with Crippen molar-refractivity contribution in [2.24, 2.45) is 0 Å². The number of ketones is 2. The predicted octanol–water partition coefficient (Wildman–Crippen LogP) is 0.487. The summed E-state index contributed by atoms with van der Waals surface area (Å²) in [4.78, 5) is 20.8. The molecule has 0 aliphatic carbocycles. The maximum absolute atomic E-state index is 10.5. The van der Waals surface area contributed by atoms with Gasteiger partial charge in [0.05, 0.1) is 0 Å². The third kappa shape index (κ3) is 2.84. The van der Waals surface area contributed by atoms with E-state index in [0.29, 0.717) is 0 Å². The van der Waals surface area contributed by atoms with Crippen LogP contribution in [0.1, 0.15) is 0 Å². The van der Waals surface area contributed by atoms with E-state index in [-0.39, 0.29) is 0 Å². The smallest absolute Gasteiger partial charge is 0.256 e. The molecule has 0 bridgehead atoms. The lowest BCUT2D eigenvalue weighted by Crippen LogP contribution is -2.29. The summed E-state index contributed by atoms with van der Waals surface area (Å²) in [7, 11) is 0. The van der Waals surface area contributed by atoms with Gasteiger partial charge in [0.25, 0.3) is 9.58 Å². The maximum atomic E-state index is 10.5. The van der Waals surface area contributed by atoms with Crippen molar-refractivity contribution in [3.8, 4) is 0 Å². The van der Waals surface area contributed by atoms with Crippen molar-refractivity contribution in [2.45, 2.75) is 3.79 Å². The van der Waals surface area contributed by atoms with E-state index in [4.69, 9.17) is 39.9 Å². The minimum absolute atomic E-state index is 0.938. The Morgan fingerprint density at radius 1 is 1.30 bits per heavy atom. The second kappa shape index (κ2) is 3.53. The van der Waals surface area contributed by atoms with E-state index in [0.717, 1.165) is 0 Å². The van der Waals surface area contributed by atoms with Gasteiger partial charge in [-0.1, -0.05) is 34.8 Å². The third-order valence-electron chi connectivity index (χ3n) is 0.654. The minimum Gasteiger partial charge on any atom is -0.388 e. The van der Waals surface area contributed by atoms with Gasteiger partial charge in [0.15, 0.2) is 0 Å². The van der Waals surface area contributed by atoms with Crippen LogP contribution >= 0.6 is 34.8 Å². The number of aliphatic hydroxyl groups excluding tert-OH is 1. The number of hydrogen-bond donors (Lipinski definition) is 1. The molecule has 0 aromatic rings. The Bertz CT molecular complexity index is 160. The second-order valence-electron chi connectivity index (χ2n) is 1.41. The number of hydrogen-bond acceptors (Lipinski definition) is 3. The molecule has 0 amide bonds. The largest absolute Gasteiger partial charge is 0.388 e. The fourth-order valence-corrected chi connectivity index (χ4v) is 0.546. The molecule has 58 valence electrons. The molecule has 0 radical (unpaired) electrons. The third-order valence-corrected chi connectivity index (χ3v) is 1.17. The average molecular weight is 205 g/mol. The molecule has 0 spiro atoms.